The lowest BCUT2D eigenvalue weighted by Crippen LogP contribution is -2.48. The summed E-state index contributed by atoms with van der Waals surface area (Å²) in [7, 11) is 0. The molecular weight excluding hydrogens is 418 g/mol. The number of ether oxygens (including phenoxy) is 1. The van der Waals surface area contributed by atoms with Crippen LogP contribution in [0.15, 0.2) is 18.3 Å². The van der Waals surface area contributed by atoms with E-state index in [0.717, 1.165) is 79.0 Å². The Bertz CT molecular complexity index is 1060. The first-order chi connectivity index (χ1) is 16.1. The molecule has 0 aromatic carbocycles. The van der Waals surface area contributed by atoms with Crippen LogP contribution in [0.3, 0.4) is 0 Å². The van der Waals surface area contributed by atoms with Crippen LogP contribution in [0.25, 0.3) is 11.0 Å². The van der Waals surface area contributed by atoms with Gasteiger partial charge in [0.1, 0.15) is 16.9 Å². The lowest BCUT2D eigenvalue weighted by molar-refractivity contribution is 0.137. The molecule has 0 aliphatic carbocycles. The molecule has 0 atom stereocenters. The highest BCUT2D eigenvalue weighted by Gasteiger charge is 2.23. The number of hydrogen-bond donors (Lipinski definition) is 2. The van der Waals surface area contributed by atoms with Crippen molar-refractivity contribution in [3.63, 3.8) is 0 Å². The number of aryl methyl sites for hydroxylation is 2. The van der Waals surface area contributed by atoms with E-state index < -0.39 is 0 Å². The number of pyridine rings is 1. The lowest BCUT2D eigenvalue weighted by atomic mass is 10.2. The number of piperazine rings is 1. The molecule has 4 rings (SSSR count). The molecule has 1 aliphatic rings. The summed E-state index contributed by atoms with van der Waals surface area (Å²) in [6, 6.07) is 4.00. The minimum atomic E-state index is 0.587. The maximum atomic E-state index is 5.74. The molecule has 10 heteroatoms. The number of nitrogens with one attached hydrogen (secondary N) is 1. The van der Waals surface area contributed by atoms with Crippen LogP contribution in [-0.4, -0.2) is 82.1 Å². The van der Waals surface area contributed by atoms with Crippen LogP contribution < -0.4 is 16.0 Å². The predicted molar refractivity (Wildman–Crippen MR) is 131 cm³/mol. The van der Waals surface area contributed by atoms with E-state index in [1.807, 2.05) is 23.7 Å². The molecule has 3 aromatic rings. The Morgan fingerprint density at radius 1 is 1.12 bits per heavy atom. The Morgan fingerprint density at radius 3 is 2.64 bits per heavy atom. The van der Waals surface area contributed by atoms with Crippen molar-refractivity contribution >= 4 is 28.6 Å². The normalized spacial score (nSPS) is 14.8. The van der Waals surface area contributed by atoms with Gasteiger partial charge < -0.3 is 20.7 Å². The zero-order valence-corrected chi connectivity index (χ0v) is 19.9. The van der Waals surface area contributed by atoms with Gasteiger partial charge in [-0.15, -0.1) is 0 Å². The maximum Gasteiger partial charge on any atom is 0.228 e. The highest BCUT2D eigenvalue weighted by atomic mass is 16.5. The highest BCUT2D eigenvalue weighted by Crippen LogP contribution is 2.29. The summed E-state index contributed by atoms with van der Waals surface area (Å²) in [4.78, 5) is 19.1. The van der Waals surface area contributed by atoms with Crippen LogP contribution >= 0.6 is 0 Å². The van der Waals surface area contributed by atoms with E-state index in [1.54, 1.807) is 6.20 Å². The Labute approximate surface area is 195 Å². The average molecular weight is 454 g/mol. The van der Waals surface area contributed by atoms with Crippen LogP contribution in [0.1, 0.15) is 25.1 Å². The molecule has 3 N–H and O–H groups in total. The Hall–Kier alpha value is -2.82. The summed E-state index contributed by atoms with van der Waals surface area (Å²) in [6.07, 6.45) is 2.60. The number of hydrogen-bond acceptors (Lipinski definition) is 9. The summed E-state index contributed by atoms with van der Waals surface area (Å²) in [5.41, 5.74) is 9.61. The third kappa shape index (κ3) is 5.40. The molecule has 0 amide bonds. The third-order valence-electron chi connectivity index (χ3n) is 5.89. The SMILES string of the molecule is CCOCCn1nc(CC)c2nc(N3CCN(CCN)CC3)nc(Nc3cc(C)ccn3)c21. The molecule has 178 valence electrons. The van der Waals surface area contributed by atoms with Gasteiger partial charge in [-0.05, 0) is 38.0 Å². The number of aromatic nitrogens is 5. The minimum absolute atomic E-state index is 0.587. The lowest BCUT2D eigenvalue weighted by Gasteiger charge is -2.34. The second kappa shape index (κ2) is 10.9. The van der Waals surface area contributed by atoms with Gasteiger partial charge in [-0.3, -0.25) is 9.58 Å². The zero-order valence-electron chi connectivity index (χ0n) is 19.9. The van der Waals surface area contributed by atoms with Crippen molar-refractivity contribution in [2.75, 3.05) is 62.7 Å². The average Bonchev–Trinajstić information content (AvgIpc) is 3.18. The van der Waals surface area contributed by atoms with E-state index in [9.17, 15) is 0 Å². The summed E-state index contributed by atoms with van der Waals surface area (Å²) < 4.78 is 7.56. The van der Waals surface area contributed by atoms with Crippen molar-refractivity contribution < 1.29 is 4.74 Å². The van der Waals surface area contributed by atoms with Crippen molar-refractivity contribution in [3.8, 4) is 0 Å². The summed E-state index contributed by atoms with van der Waals surface area (Å²) in [5, 5.41) is 8.30. The summed E-state index contributed by atoms with van der Waals surface area (Å²) >= 11 is 0. The van der Waals surface area contributed by atoms with Gasteiger partial charge in [-0.2, -0.15) is 10.1 Å². The quantitative estimate of drug-likeness (QED) is 0.445. The highest BCUT2D eigenvalue weighted by molar-refractivity contribution is 5.90. The fourth-order valence-corrected chi connectivity index (χ4v) is 4.14. The first-order valence-corrected chi connectivity index (χ1v) is 11.8. The van der Waals surface area contributed by atoms with Crippen molar-refractivity contribution in [1.29, 1.82) is 0 Å². The second-order valence-corrected chi connectivity index (χ2v) is 8.25. The van der Waals surface area contributed by atoms with Crippen molar-refractivity contribution in [2.45, 2.75) is 33.7 Å². The number of nitrogens with two attached hydrogens (primary N) is 1. The van der Waals surface area contributed by atoms with E-state index >= 15 is 0 Å². The van der Waals surface area contributed by atoms with Crippen LogP contribution in [0.2, 0.25) is 0 Å². The third-order valence-corrected chi connectivity index (χ3v) is 5.89. The van der Waals surface area contributed by atoms with Gasteiger partial charge in [0.2, 0.25) is 5.95 Å². The maximum absolute atomic E-state index is 5.74. The van der Waals surface area contributed by atoms with Crippen LogP contribution in [0.5, 0.6) is 0 Å². The molecule has 33 heavy (non-hydrogen) atoms. The van der Waals surface area contributed by atoms with Gasteiger partial charge in [0.25, 0.3) is 0 Å². The van der Waals surface area contributed by atoms with Crippen LogP contribution in [-0.2, 0) is 17.7 Å². The van der Waals surface area contributed by atoms with Crippen LogP contribution in [0, 0.1) is 6.92 Å². The van der Waals surface area contributed by atoms with Gasteiger partial charge in [-0.25, -0.2) is 9.97 Å². The Balaban J connectivity index is 1.74. The zero-order chi connectivity index (χ0) is 23.2. The van der Waals surface area contributed by atoms with E-state index in [1.165, 1.54) is 0 Å². The Kier molecular flexibility index (Phi) is 7.69. The summed E-state index contributed by atoms with van der Waals surface area (Å²) in [6.45, 7) is 13.3. The fraction of sp³-hybridized carbons (Fsp3) is 0.565. The number of nitrogens with zero attached hydrogens (tertiary/aromatic N) is 7. The standard InChI is InChI=1S/C23H35N9O/c1-4-18-20-21(32(29-18)14-15-33-5-2)22(26-19-16-17(3)6-8-25-19)28-23(27-20)31-12-10-30(9-7-24)11-13-31/h6,8,16H,4-5,7,9-15,24H2,1-3H3,(H,25,26,27,28). The molecule has 0 spiro atoms. The molecule has 3 aromatic heterocycles. The van der Waals surface area contributed by atoms with Gasteiger partial charge >= 0.3 is 0 Å². The molecule has 0 saturated carbocycles. The number of rotatable bonds is 10. The second-order valence-electron chi connectivity index (χ2n) is 8.25. The van der Waals surface area contributed by atoms with Crippen LogP contribution in [0.4, 0.5) is 17.6 Å². The first kappa shape index (κ1) is 23.3. The molecule has 0 unspecified atom stereocenters. The smallest absolute Gasteiger partial charge is 0.228 e. The molecule has 4 heterocycles. The largest absolute Gasteiger partial charge is 0.380 e. The summed E-state index contributed by atoms with van der Waals surface area (Å²) in [5.74, 6) is 2.20. The molecule has 1 aliphatic heterocycles. The van der Waals surface area contributed by atoms with Crippen molar-refractivity contribution in [3.05, 3.63) is 29.6 Å². The van der Waals surface area contributed by atoms with Gasteiger partial charge in [-0.1, -0.05) is 6.92 Å². The first-order valence-electron chi connectivity index (χ1n) is 11.8. The van der Waals surface area contributed by atoms with E-state index in [-0.39, 0.29) is 0 Å². The molecule has 0 radical (unpaired) electrons. The predicted octanol–water partition coefficient (Wildman–Crippen LogP) is 1.95. The van der Waals surface area contributed by atoms with E-state index in [0.29, 0.717) is 26.3 Å². The van der Waals surface area contributed by atoms with Crippen molar-refractivity contribution in [1.82, 2.24) is 29.6 Å². The van der Waals surface area contributed by atoms with Gasteiger partial charge in [0.15, 0.2) is 5.82 Å². The van der Waals surface area contributed by atoms with Gasteiger partial charge in [0, 0.05) is 52.1 Å². The molecule has 1 fully saturated rings. The fourth-order valence-electron chi connectivity index (χ4n) is 4.14. The minimum Gasteiger partial charge on any atom is -0.380 e. The molecule has 0 bridgehead atoms. The van der Waals surface area contributed by atoms with Crippen molar-refractivity contribution in [2.24, 2.45) is 5.73 Å². The molecule has 1 saturated heterocycles. The van der Waals surface area contributed by atoms with E-state index in [4.69, 9.17) is 25.5 Å². The number of anilines is 3. The van der Waals surface area contributed by atoms with E-state index in [2.05, 4.69) is 33.9 Å². The Morgan fingerprint density at radius 2 is 1.94 bits per heavy atom. The number of fused-ring (bicyclic) bond motifs is 1. The van der Waals surface area contributed by atoms with Gasteiger partial charge in [0.05, 0.1) is 18.8 Å². The molecular formula is C23H35N9O. The monoisotopic (exact) mass is 453 g/mol. The topological polar surface area (TPSA) is 110 Å². The molecule has 10 nitrogen and oxygen atoms in total.